The number of nitrogen functional groups attached to an aromatic ring is 1. The summed E-state index contributed by atoms with van der Waals surface area (Å²) in [5.74, 6) is 0.624. The van der Waals surface area contributed by atoms with Crippen molar-refractivity contribution in [3.05, 3.63) is 11.0 Å². The zero-order valence-corrected chi connectivity index (χ0v) is 6.90. The molecule has 0 aromatic carbocycles. The maximum atomic E-state index is 5.47. The summed E-state index contributed by atoms with van der Waals surface area (Å²) in [4.78, 5) is 2.84. The standard InChI is InChI=1S/C6H11N3S/c1-4(2)9-3-5(7)8-6(9)10/h3-4H,7H2,1-2H3,(H,8,10). The number of imidazole rings is 1. The fraction of sp³-hybridized carbons (Fsp3) is 0.500. The summed E-state index contributed by atoms with van der Waals surface area (Å²) in [6, 6.07) is 0.376. The van der Waals surface area contributed by atoms with Crippen molar-refractivity contribution in [2.75, 3.05) is 5.73 Å². The van der Waals surface area contributed by atoms with Gasteiger partial charge in [-0.2, -0.15) is 0 Å². The van der Waals surface area contributed by atoms with Crippen LogP contribution in [-0.4, -0.2) is 9.55 Å². The van der Waals surface area contributed by atoms with E-state index < -0.39 is 0 Å². The van der Waals surface area contributed by atoms with E-state index in [0.29, 0.717) is 16.6 Å². The number of nitrogens with one attached hydrogen (secondary N) is 1. The van der Waals surface area contributed by atoms with E-state index in [0.717, 1.165) is 0 Å². The monoisotopic (exact) mass is 157 g/mol. The molecule has 0 aliphatic rings. The predicted molar refractivity (Wildman–Crippen MR) is 44.4 cm³/mol. The number of H-pyrrole nitrogens is 1. The Bertz CT molecular complexity index is 271. The van der Waals surface area contributed by atoms with Crippen molar-refractivity contribution in [1.29, 1.82) is 0 Å². The van der Waals surface area contributed by atoms with E-state index >= 15 is 0 Å². The summed E-state index contributed by atoms with van der Waals surface area (Å²) in [6.07, 6.45) is 1.81. The zero-order valence-electron chi connectivity index (χ0n) is 6.09. The summed E-state index contributed by atoms with van der Waals surface area (Å²) < 4.78 is 2.61. The first-order valence-electron chi connectivity index (χ1n) is 3.18. The fourth-order valence-corrected chi connectivity index (χ4v) is 1.19. The van der Waals surface area contributed by atoms with Gasteiger partial charge in [0.2, 0.25) is 0 Å². The van der Waals surface area contributed by atoms with Crippen LogP contribution in [0.5, 0.6) is 0 Å². The normalized spacial score (nSPS) is 10.7. The van der Waals surface area contributed by atoms with Gasteiger partial charge < -0.3 is 15.3 Å². The third-order valence-corrected chi connectivity index (χ3v) is 1.63. The van der Waals surface area contributed by atoms with Gasteiger partial charge in [-0.25, -0.2) is 0 Å². The largest absolute Gasteiger partial charge is 0.384 e. The SMILES string of the molecule is CC(C)n1cc(N)[nH]c1=S. The van der Waals surface area contributed by atoms with Crippen LogP contribution in [0, 0.1) is 4.77 Å². The summed E-state index contributed by atoms with van der Waals surface area (Å²) in [5, 5.41) is 0. The molecule has 0 amide bonds. The lowest BCUT2D eigenvalue weighted by Crippen LogP contribution is -1.97. The second-order valence-electron chi connectivity index (χ2n) is 2.52. The van der Waals surface area contributed by atoms with Crippen molar-refractivity contribution >= 4 is 18.0 Å². The lowest BCUT2D eigenvalue weighted by atomic mass is 10.4. The third kappa shape index (κ3) is 1.21. The molecule has 1 aromatic heterocycles. The van der Waals surface area contributed by atoms with Gasteiger partial charge in [0.05, 0.1) is 0 Å². The summed E-state index contributed by atoms with van der Waals surface area (Å²) >= 11 is 4.98. The Balaban J connectivity index is 3.16. The van der Waals surface area contributed by atoms with Crippen LogP contribution in [0.2, 0.25) is 0 Å². The van der Waals surface area contributed by atoms with Gasteiger partial charge in [-0.3, -0.25) is 0 Å². The van der Waals surface area contributed by atoms with Gasteiger partial charge >= 0.3 is 0 Å². The molecule has 10 heavy (non-hydrogen) atoms. The molecule has 4 heteroatoms. The van der Waals surface area contributed by atoms with Crippen molar-refractivity contribution in [1.82, 2.24) is 9.55 Å². The van der Waals surface area contributed by atoms with Crippen molar-refractivity contribution in [2.45, 2.75) is 19.9 Å². The van der Waals surface area contributed by atoms with Crippen molar-refractivity contribution in [2.24, 2.45) is 0 Å². The van der Waals surface area contributed by atoms with Crippen LogP contribution >= 0.6 is 12.2 Å². The van der Waals surface area contributed by atoms with Crippen LogP contribution in [0.15, 0.2) is 6.20 Å². The second-order valence-corrected chi connectivity index (χ2v) is 2.90. The second kappa shape index (κ2) is 2.46. The molecule has 56 valence electrons. The van der Waals surface area contributed by atoms with Gasteiger partial charge in [-0.1, -0.05) is 0 Å². The highest BCUT2D eigenvalue weighted by molar-refractivity contribution is 7.71. The van der Waals surface area contributed by atoms with E-state index in [1.807, 2.05) is 10.8 Å². The molecule has 0 saturated carbocycles. The topological polar surface area (TPSA) is 46.7 Å². The molecular weight excluding hydrogens is 146 g/mol. The molecule has 0 aliphatic heterocycles. The molecular formula is C6H11N3S. The van der Waals surface area contributed by atoms with Crippen molar-refractivity contribution in [3.63, 3.8) is 0 Å². The maximum Gasteiger partial charge on any atom is 0.178 e. The minimum atomic E-state index is 0.376. The van der Waals surface area contributed by atoms with Gasteiger partial charge in [-0.15, -0.1) is 0 Å². The number of anilines is 1. The highest BCUT2D eigenvalue weighted by Crippen LogP contribution is 2.07. The van der Waals surface area contributed by atoms with Crippen LogP contribution in [0.3, 0.4) is 0 Å². The number of hydrogen-bond acceptors (Lipinski definition) is 2. The maximum absolute atomic E-state index is 5.47. The number of nitrogens with two attached hydrogens (primary N) is 1. The lowest BCUT2D eigenvalue weighted by Gasteiger charge is -2.03. The molecule has 0 fully saturated rings. The van der Waals surface area contributed by atoms with Gasteiger partial charge in [0.1, 0.15) is 5.82 Å². The molecule has 0 spiro atoms. The number of aromatic amines is 1. The lowest BCUT2D eigenvalue weighted by molar-refractivity contribution is 0.592. The molecule has 0 bridgehead atoms. The number of aromatic nitrogens is 2. The smallest absolute Gasteiger partial charge is 0.178 e. The van der Waals surface area contributed by atoms with Crippen LogP contribution < -0.4 is 5.73 Å². The van der Waals surface area contributed by atoms with E-state index in [1.165, 1.54) is 0 Å². The minimum Gasteiger partial charge on any atom is -0.384 e. The molecule has 0 saturated heterocycles. The summed E-state index contributed by atoms with van der Waals surface area (Å²) in [6.45, 7) is 4.12. The van der Waals surface area contributed by atoms with E-state index in [9.17, 15) is 0 Å². The van der Waals surface area contributed by atoms with Gasteiger partial charge in [0.25, 0.3) is 0 Å². The number of hydrogen-bond donors (Lipinski definition) is 2. The molecule has 3 nitrogen and oxygen atoms in total. The summed E-state index contributed by atoms with van der Waals surface area (Å²) in [5.41, 5.74) is 5.47. The Morgan fingerprint density at radius 3 is 2.50 bits per heavy atom. The molecule has 1 rings (SSSR count). The molecule has 1 aromatic rings. The number of rotatable bonds is 1. The van der Waals surface area contributed by atoms with Crippen LogP contribution in [0.4, 0.5) is 5.82 Å². The van der Waals surface area contributed by atoms with Crippen LogP contribution in [0.25, 0.3) is 0 Å². The van der Waals surface area contributed by atoms with Crippen molar-refractivity contribution in [3.8, 4) is 0 Å². The third-order valence-electron chi connectivity index (χ3n) is 1.32. The predicted octanol–water partition coefficient (Wildman–Crippen LogP) is 1.71. The average molecular weight is 157 g/mol. The highest BCUT2D eigenvalue weighted by Gasteiger charge is 1.98. The fourth-order valence-electron chi connectivity index (χ4n) is 0.812. The average Bonchev–Trinajstić information content (AvgIpc) is 2.10. The molecule has 0 aliphatic carbocycles. The zero-order chi connectivity index (χ0) is 7.72. The van der Waals surface area contributed by atoms with Crippen molar-refractivity contribution < 1.29 is 0 Å². The first-order valence-corrected chi connectivity index (χ1v) is 3.58. The van der Waals surface area contributed by atoms with E-state index in [1.54, 1.807) is 0 Å². The number of nitrogens with zero attached hydrogens (tertiary/aromatic N) is 1. The molecule has 3 N–H and O–H groups in total. The van der Waals surface area contributed by atoms with Crippen LogP contribution in [0.1, 0.15) is 19.9 Å². The Morgan fingerprint density at radius 2 is 2.30 bits per heavy atom. The quantitative estimate of drug-likeness (QED) is 0.609. The molecule has 0 atom stereocenters. The van der Waals surface area contributed by atoms with E-state index in [4.69, 9.17) is 18.0 Å². The molecule has 0 unspecified atom stereocenters. The first-order chi connectivity index (χ1) is 4.61. The summed E-state index contributed by atoms with van der Waals surface area (Å²) in [7, 11) is 0. The Morgan fingerprint density at radius 1 is 1.70 bits per heavy atom. The van der Waals surface area contributed by atoms with E-state index in [-0.39, 0.29) is 0 Å². The highest BCUT2D eigenvalue weighted by atomic mass is 32.1. The van der Waals surface area contributed by atoms with Gasteiger partial charge in [0.15, 0.2) is 4.77 Å². The van der Waals surface area contributed by atoms with Gasteiger partial charge in [-0.05, 0) is 26.1 Å². The van der Waals surface area contributed by atoms with Gasteiger partial charge in [0, 0.05) is 12.2 Å². The first kappa shape index (κ1) is 7.34. The Hall–Kier alpha value is -0.770. The van der Waals surface area contributed by atoms with E-state index in [2.05, 4.69) is 18.8 Å². The molecule has 1 heterocycles. The minimum absolute atomic E-state index is 0.376. The Labute approximate surface area is 64.9 Å². The van der Waals surface area contributed by atoms with Crippen LogP contribution in [-0.2, 0) is 0 Å². The molecule has 0 radical (unpaired) electrons. The Kier molecular flexibility index (Phi) is 1.80.